The monoisotopic (exact) mass is 260 g/mol. The fourth-order valence-electron chi connectivity index (χ4n) is 2.95. The molecule has 0 aliphatic heterocycles. The van der Waals surface area contributed by atoms with E-state index in [0.29, 0.717) is 12.6 Å². The predicted octanol–water partition coefficient (Wildman–Crippen LogP) is 3.12. The van der Waals surface area contributed by atoms with Crippen molar-refractivity contribution in [1.82, 2.24) is 4.90 Å². The highest BCUT2D eigenvalue weighted by atomic mass is 16.2. The van der Waals surface area contributed by atoms with Crippen molar-refractivity contribution in [3.05, 3.63) is 29.3 Å². The lowest BCUT2D eigenvalue weighted by atomic mass is 10.1. The third-order valence-electron chi connectivity index (χ3n) is 3.85. The van der Waals surface area contributed by atoms with Crippen LogP contribution in [0.25, 0.3) is 0 Å². The number of rotatable bonds is 4. The SMILES string of the molecule is Cc1cc(C)cc(NC(=O)CN(C)C2CCCC2)c1. The van der Waals surface area contributed by atoms with E-state index in [0.717, 1.165) is 5.69 Å². The fourth-order valence-corrected chi connectivity index (χ4v) is 2.95. The van der Waals surface area contributed by atoms with Gasteiger partial charge in [0, 0.05) is 11.7 Å². The van der Waals surface area contributed by atoms with Crippen molar-refractivity contribution in [2.45, 2.75) is 45.6 Å². The minimum atomic E-state index is 0.0828. The fraction of sp³-hybridized carbons (Fsp3) is 0.562. The Morgan fingerprint density at radius 1 is 1.21 bits per heavy atom. The molecule has 104 valence electrons. The zero-order valence-electron chi connectivity index (χ0n) is 12.2. The van der Waals surface area contributed by atoms with Crippen LogP contribution in [0.1, 0.15) is 36.8 Å². The zero-order chi connectivity index (χ0) is 13.8. The van der Waals surface area contributed by atoms with Gasteiger partial charge in [0.2, 0.25) is 5.91 Å². The van der Waals surface area contributed by atoms with Gasteiger partial charge in [0.1, 0.15) is 0 Å². The molecule has 0 bridgehead atoms. The molecule has 0 atom stereocenters. The van der Waals surface area contributed by atoms with Crippen LogP contribution in [0.4, 0.5) is 5.69 Å². The summed E-state index contributed by atoms with van der Waals surface area (Å²) in [5, 5.41) is 3.00. The van der Waals surface area contributed by atoms with E-state index in [9.17, 15) is 4.79 Å². The molecule has 1 aromatic carbocycles. The molecule has 1 saturated carbocycles. The van der Waals surface area contributed by atoms with Gasteiger partial charge in [0.15, 0.2) is 0 Å². The van der Waals surface area contributed by atoms with Crippen LogP contribution in [0.3, 0.4) is 0 Å². The van der Waals surface area contributed by atoms with Gasteiger partial charge in [0.25, 0.3) is 0 Å². The van der Waals surface area contributed by atoms with Crippen molar-refractivity contribution < 1.29 is 4.79 Å². The number of carbonyl (C=O) groups excluding carboxylic acids is 1. The van der Waals surface area contributed by atoms with Crippen LogP contribution in [-0.2, 0) is 4.79 Å². The Morgan fingerprint density at radius 3 is 2.37 bits per heavy atom. The lowest BCUT2D eigenvalue weighted by Crippen LogP contribution is -2.36. The molecule has 3 heteroatoms. The van der Waals surface area contributed by atoms with Crippen LogP contribution >= 0.6 is 0 Å². The molecule has 0 saturated heterocycles. The van der Waals surface area contributed by atoms with E-state index in [1.165, 1.54) is 36.8 Å². The number of carbonyl (C=O) groups is 1. The predicted molar refractivity (Wildman–Crippen MR) is 79.4 cm³/mol. The second-order valence-electron chi connectivity index (χ2n) is 5.78. The van der Waals surface area contributed by atoms with E-state index >= 15 is 0 Å². The maximum atomic E-state index is 12.0. The molecule has 19 heavy (non-hydrogen) atoms. The number of benzene rings is 1. The molecule has 1 aliphatic rings. The Morgan fingerprint density at radius 2 is 1.79 bits per heavy atom. The standard InChI is InChI=1S/C16H24N2O/c1-12-8-13(2)10-14(9-12)17-16(19)11-18(3)15-6-4-5-7-15/h8-10,15H,4-7,11H2,1-3H3,(H,17,19). The van der Waals surface area contributed by atoms with Crippen molar-refractivity contribution in [2.24, 2.45) is 0 Å². The molecular weight excluding hydrogens is 236 g/mol. The van der Waals surface area contributed by atoms with E-state index < -0.39 is 0 Å². The number of anilines is 1. The van der Waals surface area contributed by atoms with Gasteiger partial charge >= 0.3 is 0 Å². The molecule has 0 unspecified atom stereocenters. The molecule has 0 spiro atoms. The van der Waals surface area contributed by atoms with Crippen molar-refractivity contribution in [2.75, 3.05) is 18.9 Å². The van der Waals surface area contributed by atoms with E-state index in [-0.39, 0.29) is 5.91 Å². The number of nitrogens with one attached hydrogen (secondary N) is 1. The summed E-state index contributed by atoms with van der Waals surface area (Å²) in [4.78, 5) is 14.2. The summed E-state index contributed by atoms with van der Waals surface area (Å²) in [6, 6.07) is 6.73. The van der Waals surface area contributed by atoms with Gasteiger partial charge in [-0.1, -0.05) is 18.9 Å². The number of aryl methyl sites for hydroxylation is 2. The van der Waals surface area contributed by atoms with Gasteiger partial charge in [-0.15, -0.1) is 0 Å². The van der Waals surface area contributed by atoms with Gasteiger partial charge < -0.3 is 5.32 Å². The summed E-state index contributed by atoms with van der Waals surface area (Å²) in [5.74, 6) is 0.0828. The Kier molecular flexibility index (Phi) is 4.59. The normalized spacial score (nSPS) is 16.0. The summed E-state index contributed by atoms with van der Waals surface area (Å²) in [6.07, 6.45) is 5.06. The third-order valence-corrected chi connectivity index (χ3v) is 3.85. The van der Waals surface area contributed by atoms with Crippen molar-refractivity contribution in [1.29, 1.82) is 0 Å². The summed E-state index contributed by atoms with van der Waals surface area (Å²) in [5.41, 5.74) is 3.27. The van der Waals surface area contributed by atoms with Crippen LogP contribution in [0, 0.1) is 13.8 Å². The highest BCUT2D eigenvalue weighted by molar-refractivity contribution is 5.92. The van der Waals surface area contributed by atoms with Crippen molar-refractivity contribution >= 4 is 11.6 Å². The van der Waals surface area contributed by atoms with Gasteiger partial charge in [-0.25, -0.2) is 0 Å². The second-order valence-corrected chi connectivity index (χ2v) is 5.78. The molecule has 1 amide bonds. The molecule has 3 nitrogen and oxygen atoms in total. The number of hydrogen-bond acceptors (Lipinski definition) is 2. The minimum Gasteiger partial charge on any atom is -0.325 e. The molecule has 2 rings (SSSR count). The van der Waals surface area contributed by atoms with E-state index in [2.05, 4.69) is 23.3 Å². The van der Waals surface area contributed by atoms with Crippen molar-refractivity contribution in [3.8, 4) is 0 Å². The first kappa shape index (κ1) is 14.1. The molecule has 1 aliphatic carbocycles. The molecule has 1 aromatic rings. The van der Waals surface area contributed by atoms with Gasteiger partial charge in [-0.3, -0.25) is 9.69 Å². The highest BCUT2D eigenvalue weighted by Gasteiger charge is 2.21. The second kappa shape index (κ2) is 6.20. The third kappa shape index (κ3) is 4.06. The minimum absolute atomic E-state index is 0.0828. The number of hydrogen-bond donors (Lipinski definition) is 1. The first-order valence-corrected chi connectivity index (χ1v) is 7.13. The maximum absolute atomic E-state index is 12.0. The van der Waals surface area contributed by atoms with Crippen LogP contribution < -0.4 is 5.32 Å². The summed E-state index contributed by atoms with van der Waals surface area (Å²) >= 11 is 0. The Bertz CT molecular complexity index is 430. The lowest BCUT2D eigenvalue weighted by Gasteiger charge is -2.23. The highest BCUT2D eigenvalue weighted by Crippen LogP contribution is 2.22. The van der Waals surface area contributed by atoms with Crippen LogP contribution in [-0.4, -0.2) is 30.4 Å². The van der Waals surface area contributed by atoms with Crippen LogP contribution in [0.2, 0.25) is 0 Å². The van der Waals surface area contributed by atoms with E-state index in [1.807, 2.05) is 26.0 Å². The van der Waals surface area contributed by atoms with E-state index in [4.69, 9.17) is 0 Å². The summed E-state index contributed by atoms with van der Waals surface area (Å²) in [7, 11) is 2.05. The Labute approximate surface area is 116 Å². The topological polar surface area (TPSA) is 32.3 Å². The van der Waals surface area contributed by atoms with Gasteiger partial charge in [-0.2, -0.15) is 0 Å². The first-order chi connectivity index (χ1) is 9.04. The summed E-state index contributed by atoms with van der Waals surface area (Å²) < 4.78 is 0. The average molecular weight is 260 g/mol. The molecule has 1 fully saturated rings. The Balaban J connectivity index is 1.89. The van der Waals surface area contributed by atoms with Crippen LogP contribution in [0.15, 0.2) is 18.2 Å². The van der Waals surface area contributed by atoms with Gasteiger partial charge in [0.05, 0.1) is 6.54 Å². The number of nitrogens with zero attached hydrogens (tertiary/aromatic N) is 1. The van der Waals surface area contributed by atoms with E-state index in [1.54, 1.807) is 0 Å². The van der Waals surface area contributed by atoms with Gasteiger partial charge in [-0.05, 0) is 57.0 Å². The zero-order valence-corrected chi connectivity index (χ0v) is 12.2. The molecule has 1 N–H and O–H groups in total. The smallest absolute Gasteiger partial charge is 0.238 e. The maximum Gasteiger partial charge on any atom is 0.238 e. The molecular formula is C16H24N2O. The Hall–Kier alpha value is -1.35. The quantitative estimate of drug-likeness (QED) is 0.902. The van der Waals surface area contributed by atoms with Crippen molar-refractivity contribution in [3.63, 3.8) is 0 Å². The van der Waals surface area contributed by atoms with Crippen LogP contribution in [0.5, 0.6) is 0 Å². The largest absolute Gasteiger partial charge is 0.325 e. The first-order valence-electron chi connectivity index (χ1n) is 7.13. The molecule has 0 aromatic heterocycles. The number of amides is 1. The summed E-state index contributed by atoms with van der Waals surface area (Å²) in [6.45, 7) is 4.58. The molecule has 0 heterocycles. The molecule has 0 radical (unpaired) electrons. The number of likely N-dealkylation sites (N-methyl/N-ethyl adjacent to an activating group) is 1. The lowest BCUT2D eigenvalue weighted by molar-refractivity contribution is -0.117. The average Bonchev–Trinajstić information content (AvgIpc) is 2.80.